The molecule has 0 unspecified atom stereocenters. The van der Waals surface area contributed by atoms with Crippen molar-refractivity contribution in [2.24, 2.45) is 0 Å². The first kappa shape index (κ1) is 13.6. The average molecular weight is 272 g/mol. The van der Waals surface area contributed by atoms with Crippen molar-refractivity contribution in [3.63, 3.8) is 0 Å². The molecular formula is C13H12N4O3. The minimum Gasteiger partial charge on any atom is -0.295 e. The van der Waals surface area contributed by atoms with Crippen LogP contribution in [0, 0.1) is 10.1 Å². The van der Waals surface area contributed by atoms with Gasteiger partial charge in [0, 0.05) is 36.5 Å². The Morgan fingerprint density at radius 3 is 2.30 bits per heavy atom. The summed E-state index contributed by atoms with van der Waals surface area (Å²) in [7, 11) is 0. The lowest BCUT2D eigenvalue weighted by atomic mass is 10.1. The van der Waals surface area contributed by atoms with E-state index in [2.05, 4.69) is 15.3 Å². The Morgan fingerprint density at radius 2 is 1.80 bits per heavy atom. The Morgan fingerprint density at radius 1 is 1.20 bits per heavy atom. The third kappa shape index (κ3) is 3.14. The number of rotatable bonds is 4. The third-order valence-electron chi connectivity index (χ3n) is 2.64. The van der Waals surface area contributed by atoms with Gasteiger partial charge in [0.15, 0.2) is 0 Å². The van der Waals surface area contributed by atoms with Crippen LogP contribution < -0.4 is 5.32 Å². The third-order valence-corrected chi connectivity index (χ3v) is 2.64. The fraction of sp³-hybridized carbons (Fsp3) is 0.154. The van der Waals surface area contributed by atoms with Gasteiger partial charge in [0.1, 0.15) is 0 Å². The molecule has 7 heteroatoms. The van der Waals surface area contributed by atoms with E-state index in [0.717, 1.165) is 11.1 Å². The van der Waals surface area contributed by atoms with Crippen LogP contribution >= 0.6 is 0 Å². The molecule has 0 aliphatic carbocycles. The van der Waals surface area contributed by atoms with Crippen LogP contribution in [0.1, 0.15) is 13.3 Å². The summed E-state index contributed by atoms with van der Waals surface area (Å²) < 4.78 is 0. The molecule has 0 saturated carbocycles. The molecule has 0 fully saturated rings. The number of amides is 1. The van der Waals surface area contributed by atoms with E-state index in [9.17, 15) is 14.9 Å². The number of benzene rings is 1. The summed E-state index contributed by atoms with van der Waals surface area (Å²) in [6.45, 7) is 1.74. The quantitative estimate of drug-likeness (QED) is 0.680. The number of hydrogen-bond donors (Lipinski definition) is 1. The Kier molecular flexibility index (Phi) is 3.99. The molecule has 0 aliphatic heterocycles. The number of non-ortho nitro benzene ring substituents is 1. The number of nitrogens with one attached hydrogen (secondary N) is 1. The van der Waals surface area contributed by atoms with E-state index in [1.165, 1.54) is 12.1 Å². The van der Waals surface area contributed by atoms with E-state index < -0.39 is 4.92 Å². The summed E-state index contributed by atoms with van der Waals surface area (Å²) in [6, 6.07) is 6.09. The van der Waals surface area contributed by atoms with E-state index in [-0.39, 0.29) is 17.5 Å². The molecule has 1 aromatic heterocycles. The summed E-state index contributed by atoms with van der Waals surface area (Å²) in [4.78, 5) is 29.3. The number of nitro benzene ring substituents is 1. The van der Waals surface area contributed by atoms with Crippen LogP contribution in [0.3, 0.4) is 0 Å². The van der Waals surface area contributed by atoms with Gasteiger partial charge in [0.05, 0.1) is 4.92 Å². The van der Waals surface area contributed by atoms with Gasteiger partial charge in [-0.1, -0.05) is 6.92 Å². The number of nitro groups is 1. The zero-order chi connectivity index (χ0) is 14.5. The van der Waals surface area contributed by atoms with E-state index >= 15 is 0 Å². The Balaban J connectivity index is 2.17. The molecule has 0 atom stereocenters. The lowest BCUT2D eigenvalue weighted by Crippen LogP contribution is -2.11. The highest BCUT2D eigenvalue weighted by molar-refractivity contribution is 5.88. The van der Waals surface area contributed by atoms with Gasteiger partial charge in [-0.25, -0.2) is 9.97 Å². The minimum absolute atomic E-state index is 0.0292. The van der Waals surface area contributed by atoms with Crippen molar-refractivity contribution in [1.82, 2.24) is 9.97 Å². The number of carbonyl (C=O) groups excluding carboxylic acids is 1. The van der Waals surface area contributed by atoms with Crippen LogP contribution in [0.15, 0.2) is 36.7 Å². The number of anilines is 1. The van der Waals surface area contributed by atoms with Gasteiger partial charge in [-0.2, -0.15) is 0 Å². The molecule has 0 spiro atoms. The molecule has 20 heavy (non-hydrogen) atoms. The van der Waals surface area contributed by atoms with Gasteiger partial charge in [0.2, 0.25) is 11.9 Å². The van der Waals surface area contributed by atoms with Gasteiger partial charge < -0.3 is 0 Å². The first-order valence-corrected chi connectivity index (χ1v) is 5.97. The minimum atomic E-state index is -0.455. The largest absolute Gasteiger partial charge is 0.295 e. The molecular weight excluding hydrogens is 260 g/mol. The van der Waals surface area contributed by atoms with Crippen molar-refractivity contribution < 1.29 is 9.72 Å². The first-order chi connectivity index (χ1) is 9.60. The smallest absolute Gasteiger partial charge is 0.269 e. The topological polar surface area (TPSA) is 98.0 Å². The molecule has 1 heterocycles. The molecule has 1 aromatic carbocycles. The molecule has 2 aromatic rings. The zero-order valence-corrected chi connectivity index (χ0v) is 10.7. The van der Waals surface area contributed by atoms with E-state index in [0.29, 0.717) is 6.42 Å². The summed E-state index contributed by atoms with van der Waals surface area (Å²) in [5.41, 5.74) is 1.51. The van der Waals surface area contributed by atoms with Crippen LogP contribution in [0.4, 0.5) is 11.6 Å². The molecule has 1 N–H and O–H groups in total. The second-order valence-electron chi connectivity index (χ2n) is 4.00. The number of aromatic nitrogens is 2. The molecule has 102 valence electrons. The maximum absolute atomic E-state index is 11.2. The molecule has 7 nitrogen and oxygen atoms in total. The summed E-state index contributed by atoms with van der Waals surface area (Å²) in [5, 5.41) is 13.1. The van der Waals surface area contributed by atoms with Gasteiger partial charge in [-0.15, -0.1) is 0 Å². The highest BCUT2D eigenvalue weighted by Crippen LogP contribution is 2.21. The number of nitrogens with zero attached hydrogens (tertiary/aromatic N) is 3. The van der Waals surface area contributed by atoms with Crippen molar-refractivity contribution in [2.45, 2.75) is 13.3 Å². The molecule has 0 radical (unpaired) electrons. The second kappa shape index (κ2) is 5.87. The van der Waals surface area contributed by atoms with E-state index in [4.69, 9.17) is 0 Å². The number of hydrogen-bond acceptors (Lipinski definition) is 5. The van der Waals surface area contributed by atoms with Crippen molar-refractivity contribution in [3.05, 3.63) is 46.8 Å². The second-order valence-corrected chi connectivity index (χ2v) is 4.00. The standard InChI is InChI=1S/C13H12N4O3/c1-2-12(18)16-13-14-7-10(8-15-13)9-3-5-11(6-4-9)17(19)20/h3-8H,2H2,1H3,(H,14,15,16,18). The lowest BCUT2D eigenvalue weighted by molar-refractivity contribution is -0.384. The summed E-state index contributed by atoms with van der Waals surface area (Å²) >= 11 is 0. The van der Waals surface area contributed by atoms with Crippen molar-refractivity contribution in [1.29, 1.82) is 0 Å². The SMILES string of the molecule is CCC(=O)Nc1ncc(-c2ccc([N+](=O)[O-])cc2)cn1. The molecule has 0 saturated heterocycles. The Hall–Kier alpha value is -2.83. The van der Waals surface area contributed by atoms with Crippen LogP contribution in [0.2, 0.25) is 0 Å². The Bertz CT molecular complexity index is 623. The van der Waals surface area contributed by atoms with Crippen LogP contribution in [-0.4, -0.2) is 20.8 Å². The van der Waals surface area contributed by atoms with Crippen molar-refractivity contribution >= 4 is 17.5 Å². The Labute approximate surface area is 114 Å². The molecule has 0 aliphatic rings. The highest BCUT2D eigenvalue weighted by Gasteiger charge is 2.06. The fourth-order valence-electron chi connectivity index (χ4n) is 1.53. The van der Waals surface area contributed by atoms with E-state index in [1.807, 2.05) is 0 Å². The molecule has 2 rings (SSSR count). The molecule has 0 bridgehead atoms. The maximum atomic E-state index is 11.2. The zero-order valence-electron chi connectivity index (χ0n) is 10.7. The van der Waals surface area contributed by atoms with Crippen molar-refractivity contribution in [2.75, 3.05) is 5.32 Å². The summed E-state index contributed by atoms with van der Waals surface area (Å²) in [6.07, 6.45) is 3.46. The van der Waals surface area contributed by atoms with Gasteiger partial charge >= 0.3 is 0 Å². The average Bonchev–Trinajstić information content (AvgIpc) is 2.48. The summed E-state index contributed by atoms with van der Waals surface area (Å²) in [5.74, 6) is 0.0793. The van der Waals surface area contributed by atoms with E-state index in [1.54, 1.807) is 31.5 Å². The van der Waals surface area contributed by atoms with Crippen LogP contribution in [0.5, 0.6) is 0 Å². The van der Waals surface area contributed by atoms with Gasteiger partial charge in [-0.05, 0) is 17.7 Å². The fourth-order valence-corrected chi connectivity index (χ4v) is 1.53. The predicted octanol–water partition coefficient (Wildman–Crippen LogP) is 2.40. The van der Waals surface area contributed by atoms with Crippen LogP contribution in [0.25, 0.3) is 11.1 Å². The monoisotopic (exact) mass is 272 g/mol. The number of carbonyl (C=O) groups is 1. The predicted molar refractivity (Wildman–Crippen MR) is 73.0 cm³/mol. The van der Waals surface area contributed by atoms with Crippen molar-refractivity contribution in [3.8, 4) is 11.1 Å². The molecule has 1 amide bonds. The normalized spacial score (nSPS) is 10.1. The van der Waals surface area contributed by atoms with Crippen LogP contribution in [-0.2, 0) is 4.79 Å². The van der Waals surface area contributed by atoms with Gasteiger partial charge in [-0.3, -0.25) is 20.2 Å². The van der Waals surface area contributed by atoms with Gasteiger partial charge in [0.25, 0.3) is 5.69 Å². The lowest BCUT2D eigenvalue weighted by Gasteiger charge is -2.03. The first-order valence-electron chi connectivity index (χ1n) is 5.97. The highest BCUT2D eigenvalue weighted by atomic mass is 16.6. The maximum Gasteiger partial charge on any atom is 0.269 e.